The van der Waals surface area contributed by atoms with Crippen molar-refractivity contribution in [2.24, 2.45) is 0 Å². The van der Waals surface area contributed by atoms with Crippen molar-refractivity contribution in [1.82, 2.24) is 14.5 Å². The minimum Gasteiger partial charge on any atom is -0.399 e. The minimum atomic E-state index is -0.137. The number of rotatable bonds is 1. The third kappa shape index (κ3) is 1.86. The third-order valence-electron chi connectivity index (χ3n) is 4.04. The van der Waals surface area contributed by atoms with Gasteiger partial charge in [-0.25, -0.2) is 4.79 Å². The molecule has 106 valence electrons. The molecule has 0 saturated carbocycles. The monoisotopic (exact) mass is 280 g/mol. The highest BCUT2D eigenvalue weighted by atomic mass is 16.1. The lowest BCUT2D eigenvalue weighted by molar-refractivity contribution is 0.353. The highest BCUT2D eigenvalue weighted by Gasteiger charge is 2.17. The minimum absolute atomic E-state index is 0.137. The maximum atomic E-state index is 12.3. The molecule has 5 nitrogen and oxygen atoms in total. The summed E-state index contributed by atoms with van der Waals surface area (Å²) in [5.74, 6) is 0. The summed E-state index contributed by atoms with van der Waals surface area (Å²) in [6, 6.07) is 11.6. The molecule has 5 heteroatoms. The Kier molecular flexibility index (Phi) is 2.46. The second-order valence-electron chi connectivity index (χ2n) is 5.67. The van der Waals surface area contributed by atoms with Gasteiger partial charge in [0.15, 0.2) is 0 Å². The van der Waals surface area contributed by atoms with E-state index in [1.54, 1.807) is 10.6 Å². The molecule has 0 unspecified atom stereocenters. The van der Waals surface area contributed by atoms with Gasteiger partial charge in [-0.05, 0) is 48.5 Å². The summed E-state index contributed by atoms with van der Waals surface area (Å²) >= 11 is 0. The first-order chi connectivity index (χ1) is 10.1. The number of hydrogen-bond acceptors (Lipinski definition) is 3. The molecular formula is C16H16N4O. The zero-order valence-electron chi connectivity index (χ0n) is 11.8. The van der Waals surface area contributed by atoms with Gasteiger partial charge in [-0.2, -0.15) is 0 Å². The summed E-state index contributed by atoms with van der Waals surface area (Å²) < 4.78 is 1.68. The van der Waals surface area contributed by atoms with Crippen LogP contribution in [0.2, 0.25) is 0 Å². The molecule has 1 aliphatic rings. The maximum absolute atomic E-state index is 12.3. The summed E-state index contributed by atoms with van der Waals surface area (Å²) in [6.07, 6.45) is 0. The van der Waals surface area contributed by atoms with Crippen molar-refractivity contribution in [3.63, 3.8) is 0 Å². The number of aromatic nitrogens is 2. The van der Waals surface area contributed by atoms with E-state index in [2.05, 4.69) is 29.1 Å². The summed E-state index contributed by atoms with van der Waals surface area (Å²) in [5, 5.41) is 0. The summed E-state index contributed by atoms with van der Waals surface area (Å²) in [5.41, 5.74) is 11.5. The Balaban J connectivity index is 1.95. The predicted octanol–water partition coefficient (Wildman–Crippen LogP) is 1.85. The molecule has 21 heavy (non-hydrogen) atoms. The standard InChI is InChI=1S/C16H16N4O/c1-19-8-10-2-4-13(6-11(10)9-19)20-15-7-12(17)3-5-14(15)18-16(20)21/h2-7H,8-9,17H2,1H3,(H,18,21). The fourth-order valence-electron chi connectivity index (χ4n) is 3.07. The Morgan fingerprint density at radius 3 is 2.76 bits per heavy atom. The molecule has 2 aromatic carbocycles. The highest BCUT2D eigenvalue weighted by molar-refractivity contribution is 5.80. The molecule has 0 saturated heterocycles. The number of hydrogen-bond donors (Lipinski definition) is 2. The van der Waals surface area contributed by atoms with Crippen LogP contribution < -0.4 is 11.4 Å². The molecule has 0 fully saturated rings. The molecule has 3 N–H and O–H groups in total. The smallest absolute Gasteiger partial charge is 0.331 e. The van der Waals surface area contributed by atoms with Crippen LogP contribution in [-0.2, 0) is 13.1 Å². The number of anilines is 1. The van der Waals surface area contributed by atoms with Crippen molar-refractivity contribution in [3.8, 4) is 5.69 Å². The Morgan fingerprint density at radius 2 is 1.90 bits per heavy atom. The Morgan fingerprint density at radius 1 is 1.10 bits per heavy atom. The van der Waals surface area contributed by atoms with Crippen molar-refractivity contribution in [2.75, 3.05) is 12.8 Å². The molecule has 1 aliphatic heterocycles. The molecule has 1 aromatic heterocycles. The molecule has 0 spiro atoms. The molecule has 4 rings (SSSR count). The number of nitrogens with zero attached hydrogens (tertiary/aromatic N) is 2. The lowest BCUT2D eigenvalue weighted by Crippen LogP contribution is -2.14. The first kappa shape index (κ1) is 12.2. The number of H-pyrrole nitrogens is 1. The number of benzene rings is 2. The van der Waals surface area contributed by atoms with E-state index in [4.69, 9.17) is 5.73 Å². The van der Waals surface area contributed by atoms with E-state index in [1.807, 2.05) is 18.2 Å². The van der Waals surface area contributed by atoms with E-state index in [1.165, 1.54) is 11.1 Å². The molecule has 0 aliphatic carbocycles. The molecule has 0 bridgehead atoms. The van der Waals surface area contributed by atoms with Crippen molar-refractivity contribution in [1.29, 1.82) is 0 Å². The number of imidazole rings is 1. The van der Waals surface area contributed by atoms with E-state index in [0.29, 0.717) is 5.69 Å². The van der Waals surface area contributed by atoms with Crippen LogP contribution >= 0.6 is 0 Å². The highest BCUT2D eigenvalue weighted by Crippen LogP contribution is 2.25. The van der Waals surface area contributed by atoms with Crippen LogP contribution in [0.15, 0.2) is 41.2 Å². The first-order valence-electron chi connectivity index (χ1n) is 6.93. The zero-order valence-corrected chi connectivity index (χ0v) is 11.8. The van der Waals surface area contributed by atoms with Gasteiger partial charge in [0.1, 0.15) is 0 Å². The van der Waals surface area contributed by atoms with Gasteiger partial charge in [0.25, 0.3) is 0 Å². The molecule has 2 heterocycles. The van der Waals surface area contributed by atoms with Gasteiger partial charge in [-0.1, -0.05) is 6.07 Å². The van der Waals surface area contributed by atoms with Crippen molar-refractivity contribution in [3.05, 3.63) is 58.0 Å². The van der Waals surface area contributed by atoms with Crippen molar-refractivity contribution < 1.29 is 0 Å². The predicted molar refractivity (Wildman–Crippen MR) is 83.5 cm³/mol. The number of nitrogens with one attached hydrogen (secondary N) is 1. The second kappa shape index (κ2) is 4.23. The van der Waals surface area contributed by atoms with Gasteiger partial charge in [0, 0.05) is 18.8 Å². The van der Waals surface area contributed by atoms with Crippen molar-refractivity contribution in [2.45, 2.75) is 13.1 Å². The maximum Gasteiger partial charge on any atom is 0.331 e. The largest absolute Gasteiger partial charge is 0.399 e. The van der Waals surface area contributed by atoms with Gasteiger partial charge in [-0.3, -0.25) is 9.47 Å². The van der Waals surface area contributed by atoms with Crippen LogP contribution in [0.25, 0.3) is 16.7 Å². The van der Waals surface area contributed by atoms with E-state index in [-0.39, 0.29) is 5.69 Å². The van der Waals surface area contributed by atoms with Gasteiger partial charge < -0.3 is 10.7 Å². The van der Waals surface area contributed by atoms with Gasteiger partial charge in [0.05, 0.1) is 16.7 Å². The average Bonchev–Trinajstić information content (AvgIpc) is 2.95. The van der Waals surface area contributed by atoms with Gasteiger partial charge in [0.2, 0.25) is 0 Å². The summed E-state index contributed by atoms with van der Waals surface area (Å²) in [7, 11) is 2.10. The lowest BCUT2D eigenvalue weighted by atomic mass is 10.1. The molecule has 0 amide bonds. The molecule has 0 radical (unpaired) electrons. The Bertz CT molecular complexity index is 906. The summed E-state index contributed by atoms with van der Waals surface area (Å²) in [4.78, 5) is 17.4. The fourth-order valence-corrected chi connectivity index (χ4v) is 3.07. The van der Waals surface area contributed by atoms with Crippen molar-refractivity contribution >= 4 is 16.7 Å². The van der Waals surface area contributed by atoms with Gasteiger partial charge >= 0.3 is 5.69 Å². The number of aromatic amines is 1. The van der Waals surface area contributed by atoms with Crippen LogP contribution in [-0.4, -0.2) is 21.5 Å². The Labute approximate surface area is 121 Å². The number of nitrogens with two attached hydrogens (primary N) is 1. The molecule has 3 aromatic rings. The Hall–Kier alpha value is -2.53. The van der Waals surface area contributed by atoms with E-state index in [0.717, 1.165) is 29.8 Å². The van der Waals surface area contributed by atoms with Crippen LogP contribution in [0.3, 0.4) is 0 Å². The summed E-state index contributed by atoms with van der Waals surface area (Å²) in [6.45, 7) is 1.88. The lowest BCUT2D eigenvalue weighted by Gasteiger charge is -2.06. The van der Waals surface area contributed by atoms with Crippen LogP contribution in [0.5, 0.6) is 0 Å². The van der Waals surface area contributed by atoms with E-state index >= 15 is 0 Å². The number of nitrogen functional groups attached to an aromatic ring is 1. The van der Waals surface area contributed by atoms with E-state index in [9.17, 15) is 4.79 Å². The SMILES string of the molecule is CN1Cc2ccc(-n3c(=O)[nH]c4ccc(N)cc43)cc2C1. The number of fused-ring (bicyclic) bond motifs is 2. The van der Waals surface area contributed by atoms with Crippen LogP contribution in [0, 0.1) is 0 Å². The topological polar surface area (TPSA) is 67.0 Å². The normalized spacial score (nSPS) is 14.7. The van der Waals surface area contributed by atoms with E-state index < -0.39 is 0 Å². The zero-order chi connectivity index (χ0) is 14.6. The second-order valence-corrected chi connectivity index (χ2v) is 5.67. The molecular weight excluding hydrogens is 264 g/mol. The van der Waals surface area contributed by atoms with Crippen LogP contribution in [0.4, 0.5) is 5.69 Å². The first-order valence-corrected chi connectivity index (χ1v) is 6.93. The molecule has 0 atom stereocenters. The van der Waals surface area contributed by atoms with Crippen LogP contribution in [0.1, 0.15) is 11.1 Å². The average molecular weight is 280 g/mol. The quantitative estimate of drug-likeness (QED) is 0.668. The van der Waals surface area contributed by atoms with Gasteiger partial charge in [-0.15, -0.1) is 0 Å². The third-order valence-corrected chi connectivity index (χ3v) is 4.04. The fraction of sp³-hybridized carbons (Fsp3) is 0.188.